The van der Waals surface area contributed by atoms with Crippen molar-refractivity contribution in [3.63, 3.8) is 0 Å². The van der Waals surface area contributed by atoms with Gasteiger partial charge in [0.15, 0.2) is 0 Å². The standard InChI is InChI=1S/C15H21NO2/c17-11-13-5-8-14(9-6-13)16-15(18)10-7-12-3-1-2-4-12/h5-6,8-9,12,17H,1-4,7,10-11H2,(H,16,18). The number of benzene rings is 1. The number of amides is 1. The third kappa shape index (κ3) is 3.84. The summed E-state index contributed by atoms with van der Waals surface area (Å²) in [4.78, 5) is 11.8. The third-order valence-electron chi connectivity index (χ3n) is 3.67. The number of aliphatic hydroxyl groups excluding tert-OH is 1. The Balaban J connectivity index is 1.75. The molecule has 0 aromatic heterocycles. The first-order chi connectivity index (χ1) is 8.78. The maximum absolute atomic E-state index is 11.8. The summed E-state index contributed by atoms with van der Waals surface area (Å²) < 4.78 is 0. The maximum Gasteiger partial charge on any atom is 0.224 e. The van der Waals surface area contributed by atoms with Gasteiger partial charge in [0.2, 0.25) is 5.91 Å². The lowest BCUT2D eigenvalue weighted by atomic mass is 10.0. The fourth-order valence-electron chi connectivity index (χ4n) is 2.55. The molecule has 0 atom stereocenters. The van der Waals surface area contributed by atoms with Crippen LogP contribution in [0.25, 0.3) is 0 Å². The maximum atomic E-state index is 11.8. The average Bonchev–Trinajstić information content (AvgIpc) is 2.90. The largest absolute Gasteiger partial charge is 0.392 e. The summed E-state index contributed by atoms with van der Waals surface area (Å²) in [6.45, 7) is 0.0376. The van der Waals surface area contributed by atoms with Crippen molar-refractivity contribution in [2.24, 2.45) is 5.92 Å². The lowest BCUT2D eigenvalue weighted by molar-refractivity contribution is -0.116. The van der Waals surface area contributed by atoms with Crippen LogP contribution in [-0.2, 0) is 11.4 Å². The van der Waals surface area contributed by atoms with Gasteiger partial charge < -0.3 is 10.4 Å². The molecule has 3 nitrogen and oxygen atoms in total. The number of carbonyl (C=O) groups excluding carboxylic acids is 1. The Morgan fingerprint density at radius 2 is 1.89 bits per heavy atom. The molecule has 0 bridgehead atoms. The van der Waals surface area contributed by atoms with E-state index in [0.29, 0.717) is 6.42 Å². The van der Waals surface area contributed by atoms with Crippen LogP contribution < -0.4 is 5.32 Å². The van der Waals surface area contributed by atoms with Gasteiger partial charge in [-0.15, -0.1) is 0 Å². The highest BCUT2D eigenvalue weighted by molar-refractivity contribution is 5.90. The van der Waals surface area contributed by atoms with E-state index in [1.165, 1.54) is 25.7 Å². The second kappa shape index (κ2) is 6.55. The number of aliphatic hydroxyl groups is 1. The van der Waals surface area contributed by atoms with Crippen LogP contribution in [0, 0.1) is 5.92 Å². The van der Waals surface area contributed by atoms with Crippen molar-refractivity contribution in [3.8, 4) is 0 Å². The molecule has 0 saturated heterocycles. The zero-order chi connectivity index (χ0) is 12.8. The highest BCUT2D eigenvalue weighted by atomic mass is 16.3. The molecule has 1 aliphatic carbocycles. The van der Waals surface area contributed by atoms with Crippen LogP contribution in [0.4, 0.5) is 5.69 Å². The van der Waals surface area contributed by atoms with Gasteiger partial charge in [-0.1, -0.05) is 37.8 Å². The minimum atomic E-state index is 0.0376. The van der Waals surface area contributed by atoms with Gasteiger partial charge in [0, 0.05) is 12.1 Å². The van der Waals surface area contributed by atoms with Crippen LogP contribution in [0.5, 0.6) is 0 Å². The Bertz CT molecular complexity index is 380. The molecule has 1 amide bonds. The monoisotopic (exact) mass is 247 g/mol. The number of anilines is 1. The highest BCUT2D eigenvalue weighted by Crippen LogP contribution is 2.28. The summed E-state index contributed by atoms with van der Waals surface area (Å²) in [7, 11) is 0. The van der Waals surface area contributed by atoms with E-state index in [2.05, 4.69) is 5.32 Å². The molecule has 18 heavy (non-hydrogen) atoms. The summed E-state index contributed by atoms with van der Waals surface area (Å²) in [6, 6.07) is 7.32. The smallest absolute Gasteiger partial charge is 0.224 e. The van der Waals surface area contributed by atoms with Crippen LogP contribution in [0.2, 0.25) is 0 Å². The first-order valence-electron chi connectivity index (χ1n) is 6.77. The molecule has 1 aromatic rings. The molecule has 2 rings (SSSR count). The summed E-state index contributed by atoms with van der Waals surface area (Å²) in [5, 5.41) is 11.8. The van der Waals surface area contributed by atoms with Gasteiger partial charge in [0.05, 0.1) is 6.61 Å². The van der Waals surface area contributed by atoms with Crippen molar-refractivity contribution >= 4 is 11.6 Å². The zero-order valence-corrected chi connectivity index (χ0v) is 10.7. The van der Waals surface area contributed by atoms with Crippen LogP contribution >= 0.6 is 0 Å². The number of carbonyl (C=O) groups is 1. The van der Waals surface area contributed by atoms with Gasteiger partial charge in [-0.05, 0) is 30.0 Å². The molecule has 98 valence electrons. The minimum Gasteiger partial charge on any atom is -0.392 e. The summed E-state index contributed by atoms with van der Waals surface area (Å²) in [5.74, 6) is 0.853. The van der Waals surface area contributed by atoms with Crippen LogP contribution in [-0.4, -0.2) is 11.0 Å². The predicted molar refractivity (Wildman–Crippen MR) is 72.2 cm³/mol. The number of hydrogen-bond donors (Lipinski definition) is 2. The van der Waals surface area contributed by atoms with Crippen molar-refractivity contribution in [3.05, 3.63) is 29.8 Å². The molecule has 1 fully saturated rings. The van der Waals surface area contributed by atoms with Gasteiger partial charge in [0.25, 0.3) is 0 Å². The minimum absolute atomic E-state index is 0.0376. The SMILES string of the molecule is O=C(CCC1CCCC1)Nc1ccc(CO)cc1. The van der Waals surface area contributed by atoms with E-state index >= 15 is 0 Å². The molecule has 3 heteroatoms. The Morgan fingerprint density at radius 3 is 2.50 bits per heavy atom. The van der Waals surface area contributed by atoms with E-state index in [1.807, 2.05) is 24.3 Å². The molecule has 1 aliphatic rings. The molecule has 0 radical (unpaired) electrons. The number of rotatable bonds is 5. The molecule has 1 aromatic carbocycles. The van der Waals surface area contributed by atoms with E-state index < -0.39 is 0 Å². The van der Waals surface area contributed by atoms with Crippen molar-refractivity contribution in [2.75, 3.05) is 5.32 Å². The second-order valence-corrected chi connectivity index (χ2v) is 5.09. The van der Waals surface area contributed by atoms with Crippen LogP contribution in [0.3, 0.4) is 0 Å². The second-order valence-electron chi connectivity index (χ2n) is 5.09. The van der Waals surface area contributed by atoms with Crippen molar-refractivity contribution < 1.29 is 9.90 Å². The van der Waals surface area contributed by atoms with E-state index in [1.54, 1.807) is 0 Å². The summed E-state index contributed by atoms with van der Waals surface area (Å²) in [5.41, 5.74) is 1.67. The van der Waals surface area contributed by atoms with Crippen LogP contribution in [0.15, 0.2) is 24.3 Å². The lowest BCUT2D eigenvalue weighted by Crippen LogP contribution is -2.12. The zero-order valence-electron chi connectivity index (χ0n) is 10.7. The molecular formula is C15H21NO2. The Hall–Kier alpha value is -1.35. The fraction of sp³-hybridized carbons (Fsp3) is 0.533. The van der Waals surface area contributed by atoms with E-state index in [4.69, 9.17) is 5.11 Å². The highest BCUT2D eigenvalue weighted by Gasteiger charge is 2.16. The summed E-state index contributed by atoms with van der Waals surface area (Å²) in [6.07, 6.45) is 6.87. The summed E-state index contributed by atoms with van der Waals surface area (Å²) >= 11 is 0. The quantitative estimate of drug-likeness (QED) is 0.840. The van der Waals surface area contributed by atoms with Gasteiger partial charge in [-0.2, -0.15) is 0 Å². The van der Waals surface area contributed by atoms with Gasteiger partial charge in [0.1, 0.15) is 0 Å². The lowest BCUT2D eigenvalue weighted by Gasteiger charge is -2.09. The van der Waals surface area contributed by atoms with Gasteiger partial charge >= 0.3 is 0 Å². The Labute approximate surface area is 108 Å². The van der Waals surface area contributed by atoms with Crippen molar-refractivity contribution in [1.29, 1.82) is 0 Å². The molecule has 0 aliphatic heterocycles. The van der Waals surface area contributed by atoms with E-state index in [-0.39, 0.29) is 12.5 Å². The van der Waals surface area contributed by atoms with Crippen LogP contribution in [0.1, 0.15) is 44.1 Å². The Kier molecular flexibility index (Phi) is 4.76. The fourth-order valence-corrected chi connectivity index (χ4v) is 2.55. The predicted octanol–water partition coefficient (Wildman–Crippen LogP) is 3.09. The molecule has 2 N–H and O–H groups in total. The molecule has 0 unspecified atom stereocenters. The Morgan fingerprint density at radius 1 is 1.22 bits per heavy atom. The number of nitrogens with one attached hydrogen (secondary N) is 1. The molecule has 0 spiro atoms. The van der Waals surface area contributed by atoms with Crippen molar-refractivity contribution in [2.45, 2.75) is 45.1 Å². The third-order valence-corrected chi connectivity index (χ3v) is 3.67. The molecule has 0 heterocycles. The van der Waals surface area contributed by atoms with E-state index in [0.717, 1.165) is 23.6 Å². The first-order valence-corrected chi connectivity index (χ1v) is 6.77. The topological polar surface area (TPSA) is 49.3 Å². The average molecular weight is 247 g/mol. The number of hydrogen-bond acceptors (Lipinski definition) is 2. The van der Waals surface area contributed by atoms with E-state index in [9.17, 15) is 4.79 Å². The van der Waals surface area contributed by atoms with Crippen molar-refractivity contribution in [1.82, 2.24) is 0 Å². The molecule has 1 saturated carbocycles. The normalized spacial score (nSPS) is 15.8. The molecular weight excluding hydrogens is 226 g/mol. The van der Waals surface area contributed by atoms with Gasteiger partial charge in [-0.3, -0.25) is 4.79 Å². The first kappa shape index (κ1) is 13.1. The van der Waals surface area contributed by atoms with Gasteiger partial charge in [-0.25, -0.2) is 0 Å².